The highest BCUT2D eigenvalue weighted by Crippen LogP contribution is 2.26. The van der Waals surface area contributed by atoms with Crippen LogP contribution in [0.3, 0.4) is 0 Å². The second-order valence-electron chi connectivity index (χ2n) is 6.32. The highest BCUT2D eigenvalue weighted by molar-refractivity contribution is 7.80. The summed E-state index contributed by atoms with van der Waals surface area (Å²) in [5.41, 5.74) is 4.80. The minimum Gasteiger partial charge on any atom is -0.332 e. The summed E-state index contributed by atoms with van der Waals surface area (Å²) in [4.78, 5) is 12.7. The maximum atomic E-state index is 12.7. The van der Waals surface area contributed by atoms with E-state index in [4.69, 9.17) is 23.8 Å². The summed E-state index contributed by atoms with van der Waals surface area (Å²) in [5.74, 6) is -0.266. The standard InChI is InChI=1S/C21H19ClN2OS/c1-12-10-13(2)19(14(3)11-12)23-21(26)24-20(25)17-8-4-7-16-15(17)6-5-9-18(16)22/h4-11H,1-3H3,(H2,23,24,25,26). The Morgan fingerprint density at radius 1 is 0.962 bits per heavy atom. The van der Waals surface area contributed by atoms with Gasteiger partial charge in [-0.3, -0.25) is 10.1 Å². The molecule has 0 unspecified atom stereocenters. The van der Waals surface area contributed by atoms with Crippen molar-refractivity contribution in [1.82, 2.24) is 5.32 Å². The number of amides is 1. The molecule has 0 heterocycles. The van der Waals surface area contributed by atoms with Crippen LogP contribution in [0, 0.1) is 20.8 Å². The number of carbonyl (C=O) groups is 1. The predicted molar refractivity (Wildman–Crippen MR) is 113 cm³/mol. The van der Waals surface area contributed by atoms with Gasteiger partial charge in [-0.2, -0.15) is 0 Å². The summed E-state index contributed by atoms with van der Waals surface area (Å²) in [5, 5.41) is 8.42. The van der Waals surface area contributed by atoms with E-state index in [1.54, 1.807) is 12.1 Å². The van der Waals surface area contributed by atoms with Crippen LogP contribution < -0.4 is 10.6 Å². The van der Waals surface area contributed by atoms with Gasteiger partial charge in [-0.25, -0.2) is 0 Å². The lowest BCUT2D eigenvalue weighted by Gasteiger charge is -2.15. The number of thiocarbonyl (C=S) groups is 1. The molecule has 3 aromatic carbocycles. The van der Waals surface area contributed by atoms with Crippen molar-refractivity contribution < 1.29 is 4.79 Å². The normalized spacial score (nSPS) is 10.6. The molecule has 1 amide bonds. The smallest absolute Gasteiger partial charge is 0.258 e. The van der Waals surface area contributed by atoms with Crippen LogP contribution in [0.5, 0.6) is 0 Å². The van der Waals surface area contributed by atoms with E-state index in [9.17, 15) is 4.79 Å². The Labute approximate surface area is 163 Å². The Morgan fingerprint density at radius 3 is 2.27 bits per heavy atom. The van der Waals surface area contributed by atoms with Gasteiger partial charge in [0.25, 0.3) is 5.91 Å². The zero-order valence-corrected chi connectivity index (χ0v) is 16.4. The molecule has 26 heavy (non-hydrogen) atoms. The molecule has 0 radical (unpaired) electrons. The molecule has 0 aliphatic carbocycles. The van der Waals surface area contributed by atoms with Gasteiger partial charge < -0.3 is 5.32 Å². The number of anilines is 1. The highest BCUT2D eigenvalue weighted by atomic mass is 35.5. The quantitative estimate of drug-likeness (QED) is 0.571. The number of carbonyl (C=O) groups excluding carboxylic acids is 1. The van der Waals surface area contributed by atoms with Crippen LogP contribution in [0.1, 0.15) is 27.0 Å². The lowest BCUT2D eigenvalue weighted by molar-refractivity contribution is 0.0979. The van der Waals surface area contributed by atoms with Gasteiger partial charge in [0.15, 0.2) is 5.11 Å². The number of fused-ring (bicyclic) bond motifs is 1. The average Bonchev–Trinajstić information content (AvgIpc) is 2.58. The summed E-state index contributed by atoms with van der Waals surface area (Å²) < 4.78 is 0. The van der Waals surface area contributed by atoms with Crippen LogP contribution >= 0.6 is 23.8 Å². The SMILES string of the molecule is Cc1cc(C)c(NC(=S)NC(=O)c2cccc3c(Cl)cccc23)c(C)c1. The molecule has 0 fully saturated rings. The number of hydrogen-bond acceptors (Lipinski definition) is 2. The Morgan fingerprint density at radius 2 is 1.58 bits per heavy atom. The van der Waals surface area contributed by atoms with Crippen molar-refractivity contribution in [3.8, 4) is 0 Å². The van der Waals surface area contributed by atoms with Gasteiger partial charge in [0.2, 0.25) is 0 Å². The number of nitrogens with one attached hydrogen (secondary N) is 2. The van der Waals surface area contributed by atoms with Gasteiger partial charge in [0.1, 0.15) is 0 Å². The number of hydrogen-bond donors (Lipinski definition) is 2. The monoisotopic (exact) mass is 382 g/mol. The Bertz CT molecular complexity index is 1010. The molecule has 2 N–H and O–H groups in total. The summed E-state index contributed by atoms with van der Waals surface area (Å²) in [6.45, 7) is 6.08. The first-order valence-corrected chi connectivity index (χ1v) is 9.03. The van der Waals surface area contributed by atoms with Gasteiger partial charge in [-0.15, -0.1) is 0 Å². The first-order chi connectivity index (χ1) is 12.4. The Balaban J connectivity index is 1.83. The van der Waals surface area contributed by atoms with Crippen LogP contribution in [-0.2, 0) is 0 Å². The third-order valence-electron chi connectivity index (χ3n) is 4.26. The van der Waals surface area contributed by atoms with Gasteiger partial charge in [0, 0.05) is 21.7 Å². The van der Waals surface area contributed by atoms with Crippen molar-refractivity contribution >= 4 is 51.3 Å². The number of aryl methyl sites for hydroxylation is 3. The zero-order chi connectivity index (χ0) is 18.8. The summed E-state index contributed by atoms with van der Waals surface area (Å²) in [6.07, 6.45) is 0. The number of benzene rings is 3. The van der Waals surface area contributed by atoms with E-state index in [1.807, 2.05) is 38.1 Å². The molecule has 0 bridgehead atoms. The van der Waals surface area contributed by atoms with E-state index >= 15 is 0 Å². The molecule has 0 spiro atoms. The third-order valence-corrected chi connectivity index (χ3v) is 4.79. The van der Waals surface area contributed by atoms with Crippen LogP contribution in [0.4, 0.5) is 5.69 Å². The van der Waals surface area contributed by atoms with Crippen molar-refractivity contribution in [2.75, 3.05) is 5.32 Å². The summed E-state index contributed by atoms with van der Waals surface area (Å²) >= 11 is 11.6. The van der Waals surface area contributed by atoms with E-state index in [0.29, 0.717) is 10.6 Å². The van der Waals surface area contributed by atoms with Crippen molar-refractivity contribution in [1.29, 1.82) is 0 Å². The van der Waals surface area contributed by atoms with E-state index in [0.717, 1.165) is 27.6 Å². The Hall–Kier alpha value is -2.43. The lowest BCUT2D eigenvalue weighted by Crippen LogP contribution is -2.34. The van der Waals surface area contributed by atoms with Crippen molar-refractivity contribution in [2.45, 2.75) is 20.8 Å². The van der Waals surface area contributed by atoms with Crippen molar-refractivity contribution in [2.24, 2.45) is 0 Å². The van der Waals surface area contributed by atoms with Gasteiger partial charge in [0.05, 0.1) is 0 Å². The molecule has 3 rings (SSSR count). The summed E-state index contributed by atoms with van der Waals surface area (Å²) in [7, 11) is 0. The molecular formula is C21H19ClN2OS. The van der Waals surface area contributed by atoms with E-state index < -0.39 is 0 Å². The van der Waals surface area contributed by atoms with Crippen molar-refractivity contribution in [3.63, 3.8) is 0 Å². The average molecular weight is 383 g/mol. The minimum atomic E-state index is -0.266. The van der Waals surface area contributed by atoms with Crippen LogP contribution in [-0.4, -0.2) is 11.0 Å². The van der Waals surface area contributed by atoms with Crippen LogP contribution in [0.2, 0.25) is 5.02 Å². The van der Waals surface area contributed by atoms with E-state index in [2.05, 4.69) is 29.7 Å². The van der Waals surface area contributed by atoms with Gasteiger partial charge in [-0.05, 0) is 61.6 Å². The maximum Gasteiger partial charge on any atom is 0.258 e. The highest BCUT2D eigenvalue weighted by Gasteiger charge is 2.13. The maximum absolute atomic E-state index is 12.7. The fraction of sp³-hybridized carbons (Fsp3) is 0.143. The van der Waals surface area contributed by atoms with E-state index in [-0.39, 0.29) is 11.0 Å². The second-order valence-corrected chi connectivity index (χ2v) is 7.14. The van der Waals surface area contributed by atoms with Gasteiger partial charge in [-0.1, -0.05) is 53.6 Å². The predicted octanol–water partition coefficient (Wildman–Crippen LogP) is 5.55. The molecule has 3 aromatic rings. The molecule has 3 nitrogen and oxygen atoms in total. The minimum absolute atomic E-state index is 0.266. The Kier molecular flexibility index (Phi) is 5.25. The molecule has 5 heteroatoms. The number of halogens is 1. The molecule has 0 saturated carbocycles. The topological polar surface area (TPSA) is 41.1 Å². The first kappa shape index (κ1) is 18.4. The van der Waals surface area contributed by atoms with Crippen LogP contribution in [0.25, 0.3) is 10.8 Å². The van der Waals surface area contributed by atoms with Crippen molar-refractivity contribution in [3.05, 3.63) is 75.8 Å². The number of rotatable bonds is 2. The van der Waals surface area contributed by atoms with E-state index in [1.165, 1.54) is 5.56 Å². The molecule has 132 valence electrons. The van der Waals surface area contributed by atoms with Crippen LogP contribution in [0.15, 0.2) is 48.5 Å². The molecule has 0 atom stereocenters. The molecule has 0 aliphatic rings. The largest absolute Gasteiger partial charge is 0.332 e. The fourth-order valence-electron chi connectivity index (χ4n) is 3.16. The summed E-state index contributed by atoms with van der Waals surface area (Å²) in [6, 6.07) is 15.1. The molecule has 0 aliphatic heterocycles. The fourth-order valence-corrected chi connectivity index (χ4v) is 3.59. The second kappa shape index (κ2) is 7.44. The molecule has 0 saturated heterocycles. The lowest BCUT2D eigenvalue weighted by atomic mass is 10.0. The third kappa shape index (κ3) is 3.71. The van der Waals surface area contributed by atoms with Gasteiger partial charge >= 0.3 is 0 Å². The molecule has 0 aromatic heterocycles. The first-order valence-electron chi connectivity index (χ1n) is 8.24. The zero-order valence-electron chi connectivity index (χ0n) is 14.8. The molecular weight excluding hydrogens is 364 g/mol.